The Hall–Kier alpha value is -4.62. The number of nitrogens with one attached hydrogen (secondary N) is 3. The van der Waals surface area contributed by atoms with E-state index in [0.29, 0.717) is 31.0 Å². The van der Waals surface area contributed by atoms with Crippen molar-refractivity contribution < 1.29 is 23.3 Å². The second-order valence-electron chi connectivity index (χ2n) is 15.6. The molecule has 284 valence electrons. The summed E-state index contributed by atoms with van der Waals surface area (Å²) in [6.45, 7) is 16.6. The topological polar surface area (TPSA) is 148 Å². The van der Waals surface area contributed by atoms with E-state index in [1.807, 2.05) is 61.7 Å². The molecule has 0 radical (unpaired) electrons. The number of benzene rings is 1. The van der Waals surface area contributed by atoms with Gasteiger partial charge in [-0.2, -0.15) is 0 Å². The summed E-state index contributed by atoms with van der Waals surface area (Å²) in [5.74, 6) is 1.89. The zero-order valence-corrected chi connectivity index (χ0v) is 31.7. The van der Waals surface area contributed by atoms with Crippen LogP contribution in [-0.4, -0.2) is 79.8 Å². The Morgan fingerprint density at radius 2 is 1.71 bits per heavy atom. The molecule has 1 aliphatic heterocycles. The summed E-state index contributed by atoms with van der Waals surface area (Å²) in [4.78, 5) is 38.2. The lowest BCUT2D eigenvalue weighted by atomic mass is 9.85. The Balaban J connectivity index is 0.00000271. The number of aromatic nitrogens is 5. The Labute approximate surface area is 310 Å². The first-order valence-electron chi connectivity index (χ1n) is 18.4. The molecule has 0 bridgehead atoms. The molecule has 6 rings (SSSR count). The van der Waals surface area contributed by atoms with Crippen molar-refractivity contribution >= 4 is 23.4 Å². The molecule has 3 N–H and O–H groups in total. The van der Waals surface area contributed by atoms with Crippen LogP contribution in [0.15, 0.2) is 48.7 Å². The fourth-order valence-corrected chi connectivity index (χ4v) is 6.95. The quantitative estimate of drug-likeness (QED) is 0.140. The second kappa shape index (κ2) is 15.2. The summed E-state index contributed by atoms with van der Waals surface area (Å²) in [5, 5.41) is 17.9. The largest absolute Gasteiger partial charge is 0.484 e. The maximum Gasteiger partial charge on any atom is 0.320 e. The normalized spacial score (nSPS) is 18.2. The number of carbonyl (C=O) groups is 2. The summed E-state index contributed by atoms with van der Waals surface area (Å²) in [6.07, 6.45) is 5.36. The molecule has 2 atom stereocenters. The Bertz CT molecular complexity index is 1910. The van der Waals surface area contributed by atoms with Gasteiger partial charge in [-0.25, -0.2) is 14.8 Å². The number of likely N-dealkylation sites (tertiary alicyclic amines) is 1. The predicted molar refractivity (Wildman–Crippen MR) is 206 cm³/mol. The van der Waals surface area contributed by atoms with E-state index >= 15 is 0 Å². The highest BCUT2D eigenvalue weighted by Gasteiger charge is 2.38. The molecule has 0 spiro atoms. The lowest BCUT2D eigenvalue weighted by Crippen LogP contribution is -2.63. The number of methoxy groups -OCH3 is 1. The second-order valence-corrected chi connectivity index (χ2v) is 15.6. The highest BCUT2D eigenvalue weighted by molar-refractivity contribution is 5.92. The van der Waals surface area contributed by atoms with Gasteiger partial charge in [-0.05, 0) is 62.8 Å². The molecule has 3 aromatic heterocycles. The van der Waals surface area contributed by atoms with Crippen molar-refractivity contribution in [3.8, 4) is 5.75 Å². The third-order valence-corrected chi connectivity index (χ3v) is 10.4. The van der Waals surface area contributed by atoms with Crippen LogP contribution in [-0.2, 0) is 10.2 Å². The number of rotatable bonds is 12. The van der Waals surface area contributed by atoms with Crippen LogP contribution in [0.5, 0.6) is 5.75 Å². The first-order chi connectivity index (χ1) is 24.8. The summed E-state index contributed by atoms with van der Waals surface area (Å²) >= 11 is 0. The number of urea groups is 1. The smallest absolute Gasteiger partial charge is 0.320 e. The van der Waals surface area contributed by atoms with Crippen LogP contribution in [0.2, 0.25) is 0 Å². The molecule has 4 aromatic rings. The van der Waals surface area contributed by atoms with Crippen LogP contribution < -0.4 is 20.7 Å². The number of amides is 3. The van der Waals surface area contributed by atoms with Gasteiger partial charge >= 0.3 is 6.03 Å². The van der Waals surface area contributed by atoms with Crippen LogP contribution in [0.1, 0.15) is 130 Å². The van der Waals surface area contributed by atoms with Crippen LogP contribution in [0.3, 0.4) is 0 Å². The molecule has 0 unspecified atom stereocenters. The fraction of sp³-hybridized carbons (Fsp3) is 0.538. The van der Waals surface area contributed by atoms with E-state index in [-0.39, 0.29) is 45.1 Å². The molecular formula is C39H59N9O4. The number of anilines is 1. The van der Waals surface area contributed by atoms with Crippen molar-refractivity contribution in [2.75, 3.05) is 32.1 Å². The monoisotopic (exact) mass is 717 g/mol. The molecule has 4 heterocycles. The van der Waals surface area contributed by atoms with Crippen molar-refractivity contribution in [2.45, 2.75) is 109 Å². The van der Waals surface area contributed by atoms with Gasteiger partial charge in [0.25, 0.3) is 5.91 Å². The molecule has 52 heavy (non-hydrogen) atoms. The average Bonchev–Trinajstić information content (AvgIpc) is 3.51. The summed E-state index contributed by atoms with van der Waals surface area (Å²) < 4.78 is 14.0. The molecule has 13 heteroatoms. The van der Waals surface area contributed by atoms with Crippen LogP contribution in [0.25, 0.3) is 5.65 Å². The van der Waals surface area contributed by atoms with Gasteiger partial charge in [0.1, 0.15) is 23.5 Å². The maximum absolute atomic E-state index is 13.5. The summed E-state index contributed by atoms with van der Waals surface area (Å²) in [5.41, 5.74) is 2.81. The van der Waals surface area contributed by atoms with Crippen LogP contribution in [0.4, 0.5) is 10.6 Å². The van der Waals surface area contributed by atoms with Crippen molar-refractivity contribution in [1.29, 1.82) is 0 Å². The number of carbonyl (C=O) groups excluding carboxylic acids is 2. The third kappa shape index (κ3) is 8.05. The minimum atomic E-state index is -0.414. The number of hydrogen-bond donors (Lipinski definition) is 3. The van der Waals surface area contributed by atoms with E-state index in [2.05, 4.69) is 74.8 Å². The predicted octanol–water partition coefficient (Wildman–Crippen LogP) is 7.07. The molecule has 1 saturated heterocycles. The van der Waals surface area contributed by atoms with Crippen LogP contribution in [0, 0.1) is 0 Å². The van der Waals surface area contributed by atoms with E-state index < -0.39 is 11.9 Å². The zero-order chi connectivity index (χ0) is 37.2. The van der Waals surface area contributed by atoms with E-state index in [1.165, 1.54) is 0 Å². The van der Waals surface area contributed by atoms with Crippen LogP contribution >= 0.6 is 0 Å². The molecule has 13 nitrogen and oxygen atoms in total. The summed E-state index contributed by atoms with van der Waals surface area (Å²) in [6, 6.07) is 13.0. The maximum atomic E-state index is 13.5. The van der Waals surface area contributed by atoms with Crippen molar-refractivity contribution in [2.24, 2.45) is 0 Å². The highest BCUT2D eigenvalue weighted by atomic mass is 16.5. The van der Waals surface area contributed by atoms with Gasteiger partial charge in [0.05, 0.1) is 24.0 Å². The lowest BCUT2D eigenvalue weighted by Gasteiger charge is -2.48. The average molecular weight is 718 g/mol. The number of hydrogen-bond acceptors (Lipinski definition) is 9. The van der Waals surface area contributed by atoms with Gasteiger partial charge in [-0.15, -0.1) is 10.2 Å². The lowest BCUT2D eigenvalue weighted by molar-refractivity contribution is -0.0742. The number of nitrogens with zero attached hydrogens (tertiary/aromatic N) is 6. The van der Waals surface area contributed by atoms with Crippen molar-refractivity contribution in [3.05, 3.63) is 77.1 Å². The SMILES string of the molecule is CCC(CC)c1nnc2ccc(O[C@@H]3CC[C@H](NC(=O)Nc4cc(C(C)(C)C)nc(C(=O)NCC(C)(C)N5CC(OC)C5)n4)c4ccccc43)cn12.[HH].[HH].[HH]. The number of pyridine rings is 1. The molecule has 2 aliphatic rings. The minimum absolute atomic E-state index is 0. The highest BCUT2D eigenvalue weighted by Crippen LogP contribution is 2.39. The molecule has 0 saturated carbocycles. The standard InChI is InChI=1S/C39H53N9O4.3H2/c1-9-24(10-2)35-46-45-33-18-15-25(22-48(33)35)52-30-17-16-29(27-13-11-12-14-28(27)30)41-37(50)44-32-19-31(38(3,4)5)42-34(43-32)36(49)40-23-39(6,7)47-20-26(21-47)51-8;;;/h11-15,18-19,22,24,26,29-30H,9-10,16-17,20-21,23H2,1-8H3,(H,40,49)(H2,41,42,43,44,50);3*1H/t29-,30+;;;/m0.../s1. The summed E-state index contributed by atoms with van der Waals surface area (Å²) in [7, 11) is 1.72. The van der Waals surface area contributed by atoms with E-state index in [0.717, 1.165) is 54.3 Å². The Morgan fingerprint density at radius 1 is 0.981 bits per heavy atom. The van der Waals surface area contributed by atoms with Crippen molar-refractivity contribution in [3.63, 3.8) is 0 Å². The molecule has 1 aliphatic carbocycles. The zero-order valence-electron chi connectivity index (χ0n) is 31.7. The molecule has 1 fully saturated rings. The number of ether oxygens (including phenoxy) is 2. The van der Waals surface area contributed by atoms with E-state index in [9.17, 15) is 9.59 Å². The molecule has 1 aromatic carbocycles. The van der Waals surface area contributed by atoms with Gasteiger partial charge in [0.15, 0.2) is 5.65 Å². The van der Waals surface area contributed by atoms with Gasteiger partial charge < -0.3 is 20.1 Å². The molecule has 3 amide bonds. The van der Waals surface area contributed by atoms with E-state index in [4.69, 9.17) is 9.47 Å². The van der Waals surface area contributed by atoms with Crippen molar-refractivity contribution in [1.82, 2.24) is 40.1 Å². The van der Waals surface area contributed by atoms with Gasteiger partial charge in [-0.3, -0.25) is 19.4 Å². The first kappa shape index (κ1) is 37.1. The molecular weight excluding hydrogens is 658 g/mol. The Morgan fingerprint density at radius 3 is 2.40 bits per heavy atom. The van der Waals surface area contributed by atoms with Gasteiger partial charge in [0.2, 0.25) is 5.82 Å². The number of fused-ring (bicyclic) bond motifs is 2. The van der Waals surface area contributed by atoms with Gasteiger partial charge in [-0.1, -0.05) is 58.9 Å². The van der Waals surface area contributed by atoms with Gasteiger partial charge in [0, 0.05) is 54.0 Å². The Kier molecular flexibility index (Phi) is 10.8. The first-order valence-corrected chi connectivity index (χ1v) is 18.4. The van der Waals surface area contributed by atoms with E-state index in [1.54, 1.807) is 13.2 Å². The fourth-order valence-electron chi connectivity index (χ4n) is 6.95. The third-order valence-electron chi connectivity index (χ3n) is 10.4. The minimum Gasteiger partial charge on any atom is -0.484 e.